The third-order valence-corrected chi connectivity index (χ3v) is 14.5. The number of aryl methyl sites for hydroxylation is 2. The van der Waals surface area contributed by atoms with E-state index in [9.17, 15) is 0 Å². The van der Waals surface area contributed by atoms with Gasteiger partial charge in [0.15, 0.2) is 0 Å². The number of aromatic nitrogens is 1. The molecule has 5 heteroatoms. The van der Waals surface area contributed by atoms with E-state index in [0.29, 0.717) is 0 Å². The number of benzene rings is 8. The van der Waals surface area contributed by atoms with E-state index in [0.717, 1.165) is 87.3 Å². The predicted octanol–water partition coefficient (Wildman–Crippen LogP) is 17.3. The molecule has 0 saturated heterocycles. The molecule has 0 bridgehead atoms. The van der Waals surface area contributed by atoms with Crippen LogP contribution in [0.1, 0.15) is 34.5 Å². The quantitative estimate of drug-likeness (QED) is 0.152. The number of fused-ring (bicyclic) bond motifs is 9. The lowest BCUT2D eigenvalue weighted by molar-refractivity contribution is 0.669. The summed E-state index contributed by atoms with van der Waals surface area (Å²) in [6.07, 6.45) is 13.5. The highest BCUT2D eigenvalue weighted by Gasteiger charge is 2.23. The SMILES string of the molecule is C1=Cc2sc3ccc(N(c4cccc(N(c5ccccc5)c5ccccc5)c4)c4ccc5oc6ccc(-c7ccc8c9c(n(-c%10ccccc%10)c8c7)C=CCC9)cc6c5c4)cc3c2CC1. The van der Waals surface area contributed by atoms with E-state index >= 15 is 0 Å². The molecule has 3 aromatic heterocycles. The van der Waals surface area contributed by atoms with Gasteiger partial charge in [-0.15, -0.1) is 11.3 Å². The minimum absolute atomic E-state index is 0.871. The lowest BCUT2D eigenvalue weighted by Crippen LogP contribution is -2.13. The molecule has 8 aromatic carbocycles. The molecule has 0 radical (unpaired) electrons. The third-order valence-electron chi connectivity index (χ3n) is 13.3. The maximum Gasteiger partial charge on any atom is 0.135 e. The van der Waals surface area contributed by atoms with Gasteiger partial charge in [-0.3, -0.25) is 0 Å². The van der Waals surface area contributed by atoms with Gasteiger partial charge in [0.1, 0.15) is 11.2 Å². The van der Waals surface area contributed by atoms with Crippen LogP contribution in [0, 0.1) is 0 Å². The highest BCUT2D eigenvalue weighted by Crippen LogP contribution is 2.45. The molecule has 2 aliphatic rings. The van der Waals surface area contributed by atoms with Crippen LogP contribution in [0.5, 0.6) is 0 Å². The molecule has 0 N–H and O–H groups in total. The van der Waals surface area contributed by atoms with Crippen LogP contribution in [-0.4, -0.2) is 4.57 Å². The first kappa shape index (κ1) is 37.7. The van der Waals surface area contributed by atoms with E-state index in [-0.39, 0.29) is 0 Å². The van der Waals surface area contributed by atoms with E-state index in [1.165, 1.54) is 53.9 Å². The van der Waals surface area contributed by atoms with Crippen molar-refractivity contribution in [3.63, 3.8) is 0 Å². The summed E-state index contributed by atoms with van der Waals surface area (Å²) >= 11 is 1.90. The van der Waals surface area contributed by atoms with Gasteiger partial charge in [0.2, 0.25) is 0 Å². The second-order valence-corrected chi connectivity index (χ2v) is 18.2. The molecule has 3 heterocycles. The summed E-state index contributed by atoms with van der Waals surface area (Å²) in [4.78, 5) is 6.13. The topological polar surface area (TPSA) is 24.6 Å². The summed E-state index contributed by atoms with van der Waals surface area (Å²) in [5.74, 6) is 0. The van der Waals surface area contributed by atoms with Crippen LogP contribution in [-0.2, 0) is 12.8 Å². The van der Waals surface area contributed by atoms with Gasteiger partial charge in [-0.1, -0.05) is 91.0 Å². The van der Waals surface area contributed by atoms with Gasteiger partial charge in [-0.25, -0.2) is 0 Å². The van der Waals surface area contributed by atoms with E-state index in [2.05, 4.69) is 227 Å². The number of hydrogen-bond acceptors (Lipinski definition) is 4. The van der Waals surface area contributed by atoms with E-state index in [1.807, 2.05) is 11.3 Å². The number of para-hydroxylation sites is 3. The van der Waals surface area contributed by atoms with Crippen LogP contribution in [0.3, 0.4) is 0 Å². The fraction of sp³-hybridized carbons (Fsp3) is 0.0667. The number of thiophene rings is 1. The average molecular weight is 854 g/mol. The lowest BCUT2D eigenvalue weighted by Gasteiger charge is -2.29. The summed E-state index contributed by atoms with van der Waals surface area (Å²) in [5, 5.41) is 4.86. The van der Waals surface area contributed by atoms with Crippen molar-refractivity contribution in [1.29, 1.82) is 0 Å². The molecular formula is C60H43N3OS. The smallest absolute Gasteiger partial charge is 0.135 e. The highest BCUT2D eigenvalue weighted by molar-refractivity contribution is 7.20. The second kappa shape index (κ2) is 15.4. The van der Waals surface area contributed by atoms with Crippen molar-refractivity contribution in [2.45, 2.75) is 25.7 Å². The van der Waals surface area contributed by atoms with Crippen molar-refractivity contribution >= 4 is 101 Å². The summed E-state index contributed by atoms with van der Waals surface area (Å²) in [7, 11) is 0. The molecule has 13 rings (SSSR count). The Morgan fingerprint density at radius 3 is 1.75 bits per heavy atom. The second-order valence-electron chi connectivity index (χ2n) is 17.1. The van der Waals surface area contributed by atoms with Crippen molar-refractivity contribution in [3.05, 3.63) is 222 Å². The minimum Gasteiger partial charge on any atom is -0.456 e. The number of nitrogens with zero attached hydrogens (tertiary/aromatic N) is 3. The van der Waals surface area contributed by atoms with Gasteiger partial charge in [0.05, 0.1) is 5.52 Å². The number of allylic oxidation sites excluding steroid dienone is 2. The molecule has 0 atom stereocenters. The van der Waals surface area contributed by atoms with Gasteiger partial charge < -0.3 is 18.8 Å². The largest absolute Gasteiger partial charge is 0.456 e. The summed E-state index contributed by atoms with van der Waals surface area (Å²) in [6, 6.07) is 68.4. The van der Waals surface area contributed by atoms with Gasteiger partial charge in [-0.05, 0) is 175 Å². The molecular weight excluding hydrogens is 811 g/mol. The maximum absolute atomic E-state index is 6.61. The lowest BCUT2D eigenvalue weighted by atomic mass is 9.98. The molecule has 0 amide bonds. The summed E-state index contributed by atoms with van der Waals surface area (Å²) < 4.78 is 10.4. The number of furan rings is 1. The Morgan fingerprint density at radius 1 is 0.431 bits per heavy atom. The monoisotopic (exact) mass is 853 g/mol. The Morgan fingerprint density at radius 2 is 1.00 bits per heavy atom. The molecule has 0 aliphatic heterocycles. The van der Waals surface area contributed by atoms with Gasteiger partial charge in [0, 0.05) is 71.2 Å². The van der Waals surface area contributed by atoms with Crippen LogP contribution in [0.25, 0.3) is 71.9 Å². The molecule has 0 unspecified atom stereocenters. The van der Waals surface area contributed by atoms with Crippen LogP contribution < -0.4 is 9.80 Å². The fourth-order valence-electron chi connectivity index (χ4n) is 10.3. The summed E-state index contributed by atoms with van der Waals surface area (Å²) in [6.45, 7) is 0. The van der Waals surface area contributed by atoms with E-state index in [1.54, 1.807) is 0 Å². The molecule has 11 aromatic rings. The summed E-state index contributed by atoms with van der Waals surface area (Å²) in [5.41, 5.74) is 17.2. The standard InChI is InChI=1S/C60H43N3OS/c1-4-15-42(16-5-1)61(43-17-6-2-7-18-43)45-21-14-22-46(37-45)62(48-30-34-60-54(39-48)51-24-11-13-26-59(51)65-60)47-29-33-58-53(38-47)52-35-40(28-32-57(52)64-58)41-27-31-50-49-23-10-12-25-55(49)63(56(50)36-41)44-19-8-3-9-20-44/h1-9,12-22,25-39H,10-11,23-24H2. The van der Waals surface area contributed by atoms with Crippen LogP contribution in [0.2, 0.25) is 0 Å². The molecule has 4 nitrogen and oxygen atoms in total. The number of hydrogen-bond donors (Lipinski definition) is 0. The Labute approximate surface area is 381 Å². The zero-order chi connectivity index (χ0) is 42.8. The predicted molar refractivity (Wildman–Crippen MR) is 275 cm³/mol. The minimum atomic E-state index is 0.871. The van der Waals surface area contributed by atoms with Crippen molar-refractivity contribution in [1.82, 2.24) is 4.57 Å². The first-order valence-electron chi connectivity index (χ1n) is 22.6. The normalized spacial score (nSPS) is 13.2. The van der Waals surface area contributed by atoms with E-state index in [4.69, 9.17) is 4.42 Å². The van der Waals surface area contributed by atoms with Crippen molar-refractivity contribution in [2.75, 3.05) is 9.80 Å². The van der Waals surface area contributed by atoms with Crippen molar-refractivity contribution in [3.8, 4) is 16.8 Å². The Kier molecular flexibility index (Phi) is 8.95. The van der Waals surface area contributed by atoms with Crippen LogP contribution >= 0.6 is 11.3 Å². The van der Waals surface area contributed by atoms with Crippen molar-refractivity contribution < 1.29 is 4.42 Å². The first-order valence-corrected chi connectivity index (χ1v) is 23.4. The van der Waals surface area contributed by atoms with Gasteiger partial charge in [-0.2, -0.15) is 0 Å². The molecule has 2 aliphatic carbocycles. The molecule has 0 spiro atoms. The van der Waals surface area contributed by atoms with Gasteiger partial charge >= 0.3 is 0 Å². The Bertz CT molecular complexity index is 3630. The Balaban J connectivity index is 0.971. The molecule has 0 fully saturated rings. The Hall–Kier alpha value is -7.86. The molecule has 310 valence electrons. The number of rotatable bonds is 8. The highest BCUT2D eigenvalue weighted by atomic mass is 32.1. The number of anilines is 6. The zero-order valence-corrected chi connectivity index (χ0v) is 36.5. The zero-order valence-electron chi connectivity index (χ0n) is 35.7. The fourth-order valence-corrected chi connectivity index (χ4v) is 11.4. The third kappa shape index (κ3) is 6.42. The maximum atomic E-state index is 6.61. The van der Waals surface area contributed by atoms with Crippen LogP contribution in [0.15, 0.2) is 205 Å². The van der Waals surface area contributed by atoms with Gasteiger partial charge in [0.25, 0.3) is 0 Å². The van der Waals surface area contributed by atoms with E-state index < -0.39 is 0 Å². The van der Waals surface area contributed by atoms with Crippen molar-refractivity contribution in [2.24, 2.45) is 0 Å². The molecule has 65 heavy (non-hydrogen) atoms. The first-order chi connectivity index (χ1) is 32.2. The average Bonchev–Trinajstić information content (AvgIpc) is 4.04. The van der Waals surface area contributed by atoms with Crippen LogP contribution in [0.4, 0.5) is 34.1 Å². The molecule has 0 saturated carbocycles.